The Morgan fingerprint density at radius 1 is 1.44 bits per heavy atom. The van der Waals surface area contributed by atoms with Crippen LogP contribution in [0.1, 0.15) is 11.5 Å². The van der Waals surface area contributed by atoms with Gasteiger partial charge in [-0.15, -0.1) is 0 Å². The number of nitrogens with one attached hydrogen (secondary N) is 2. The minimum atomic E-state index is -3.26. The third kappa shape index (κ3) is 4.00. The molecule has 0 amide bonds. The normalized spacial score (nSPS) is 13.3. The van der Waals surface area contributed by atoms with Gasteiger partial charge in [0.25, 0.3) is 0 Å². The van der Waals surface area contributed by atoms with Crippen LogP contribution in [0, 0.1) is 5.41 Å². The molecule has 0 saturated carbocycles. The summed E-state index contributed by atoms with van der Waals surface area (Å²) in [6.45, 7) is 0.109. The van der Waals surface area contributed by atoms with E-state index in [9.17, 15) is 8.42 Å². The lowest BCUT2D eigenvalue weighted by molar-refractivity contribution is 0.586. The lowest BCUT2D eigenvalue weighted by Gasteiger charge is -2.15. The van der Waals surface area contributed by atoms with E-state index in [-0.39, 0.29) is 12.4 Å². The first-order valence-electron chi connectivity index (χ1n) is 4.73. The van der Waals surface area contributed by atoms with Crippen molar-refractivity contribution in [2.75, 3.05) is 12.8 Å². The Kier molecular flexibility index (Phi) is 4.03. The van der Waals surface area contributed by atoms with Gasteiger partial charge in [-0.2, -0.15) is 0 Å². The average molecular weight is 241 g/mol. The van der Waals surface area contributed by atoms with Crippen molar-refractivity contribution < 1.29 is 8.42 Å². The summed E-state index contributed by atoms with van der Waals surface area (Å²) >= 11 is 0. The fourth-order valence-electron chi connectivity index (χ4n) is 1.33. The van der Waals surface area contributed by atoms with E-state index in [0.29, 0.717) is 0 Å². The van der Waals surface area contributed by atoms with E-state index in [1.54, 1.807) is 0 Å². The highest BCUT2D eigenvalue weighted by atomic mass is 32.2. The molecule has 0 aromatic heterocycles. The van der Waals surface area contributed by atoms with Crippen LogP contribution in [-0.4, -0.2) is 27.1 Å². The van der Waals surface area contributed by atoms with Gasteiger partial charge in [0.05, 0.1) is 18.0 Å². The fourth-order valence-corrected chi connectivity index (χ4v) is 1.80. The highest BCUT2D eigenvalue weighted by Gasteiger charge is 2.16. The summed E-state index contributed by atoms with van der Waals surface area (Å²) < 4.78 is 24.3. The summed E-state index contributed by atoms with van der Waals surface area (Å²) in [5.74, 6) is -0.474. The Labute approximate surface area is 95.2 Å². The molecule has 1 aromatic rings. The summed E-state index contributed by atoms with van der Waals surface area (Å²) in [5.41, 5.74) is 6.27. The van der Waals surface area contributed by atoms with Crippen LogP contribution in [0.4, 0.5) is 0 Å². The fraction of sp³-hybridized carbons (Fsp3) is 0.300. The molecule has 0 bridgehead atoms. The smallest absolute Gasteiger partial charge is 0.208 e. The second kappa shape index (κ2) is 5.09. The maximum atomic E-state index is 11.0. The molecule has 0 fully saturated rings. The van der Waals surface area contributed by atoms with Crippen LogP contribution in [-0.2, 0) is 10.0 Å². The Balaban J connectivity index is 2.81. The van der Waals surface area contributed by atoms with Gasteiger partial charge < -0.3 is 5.73 Å². The first kappa shape index (κ1) is 12.7. The van der Waals surface area contributed by atoms with Crippen molar-refractivity contribution in [3.05, 3.63) is 35.9 Å². The van der Waals surface area contributed by atoms with E-state index in [2.05, 4.69) is 4.72 Å². The van der Waals surface area contributed by atoms with Crippen LogP contribution >= 0.6 is 0 Å². The predicted octanol–water partition coefficient (Wildman–Crippen LogP) is 0.255. The molecule has 88 valence electrons. The molecule has 0 aliphatic heterocycles. The van der Waals surface area contributed by atoms with Crippen molar-refractivity contribution in [2.24, 2.45) is 5.73 Å². The van der Waals surface area contributed by atoms with Gasteiger partial charge >= 0.3 is 0 Å². The van der Waals surface area contributed by atoms with Gasteiger partial charge in [0, 0.05) is 6.54 Å². The molecule has 4 N–H and O–H groups in total. The molecule has 1 unspecified atom stereocenters. The number of rotatable bonds is 5. The molecule has 1 rings (SSSR count). The van der Waals surface area contributed by atoms with Crippen LogP contribution < -0.4 is 10.5 Å². The Morgan fingerprint density at radius 3 is 2.44 bits per heavy atom. The van der Waals surface area contributed by atoms with E-state index in [1.165, 1.54) is 0 Å². The summed E-state index contributed by atoms with van der Waals surface area (Å²) in [7, 11) is -3.26. The maximum Gasteiger partial charge on any atom is 0.208 e. The van der Waals surface area contributed by atoms with E-state index in [4.69, 9.17) is 11.1 Å². The lowest BCUT2D eigenvalue weighted by atomic mass is 9.98. The standard InChI is InChI=1S/C10H15N3O2S/c1-16(14,15)13-7-9(10(11)12)8-5-3-2-4-6-8/h2-6,9,13H,7H2,1H3,(H3,11,12). The van der Waals surface area contributed by atoms with Crippen molar-refractivity contribution in [2.45, 2.75) is 5.92 Å². The van der Waals surface area contributed by atoms with E-state index in [0.717, 1.165) is 11.8 Å². The van der Waals surface area contributed by atoms with Gasteiger partial charge in [0.2, 0.25) is 10.0 Å². The third-order valence-electron chi connectivity index (χ3n) is 2.13. The largest absolute Gasteiger partial charge is 0.387 e. The highest BCUT2D eigenvalue weighted by molar-refractivity contribution is 7.88. The molecule has 6 heteroatoms. The second-order valence-corrected chi connectivity index (χ2v) is 5.37. The van der Waals surface area contributed by atoms with Crippen LogP contribution in [0.5, 0.6) is 0 Å². The molecule has 0 spiro atoms. The zero-order chi connectivity index (χ0) is 12.2. The maximum absolute atomic E-state index is 11.0. The van der Waals surface area contributed by atoms with E-state index >= 15 is 0 Å². The molecule has 1 atom stereocenters. The number of hydrogen-bond acceptors (Lipinski definition) is 3. The zero-order valence-electron chi connectivity index (χ0n) is 8.97. The molecule has 5 nitrogen and oxygen atoms in total. The Bertz CT molecular complexity index is 456. The van der Waals surface area contributed by atoms with Crippen molar-refractivity contribution in [3.8, 4) is 0 Å². The molecule has 0 aliphatic rings. The number of benzene rings is 1. The molecule has 0 heterocycles. The van der Waals surface area contributed by atoms with Crippen LogP contribution in [0.25, 0.3) is 0 Å². The van der Waals surface area contributed by atoms with Crippen LogP contribution in [0.2, 0.25) is 0 Å². The Hall–Kier alpha value is -1.40. The van der Waals surface area contributed by atoms with Crippen molar-refractivity contribution in [3.63, 3.8) is 0 Å². The SMILES string of the molecule is CS(=O)(=O)NCC(C(=N)N)c1ccccc1. The van der Waals surface area contributed by atoms with Gasteiger partial charge in [0.15, 0.2) is 0 Å². The van der Waals surface area contributed by atoms with Crippen molar-refractivity contribution in [1.29, 1.82) is 5.41 Å². The first-order chi connectivity index (χ1) is 7.40. The average Bonchev–Trinajstić information content (AvgIpc) is 2.17. The van der Waals surface area contributed by atoms with Crippen molar-refractivity contribution >= 4 is 15.9 Å². The quantitative estimate of drug-likeness (QED) is 0.509. The monoisotopic (exact) mass is 241 g/mol. The number of amidine groups is 1. The lowest BCUT2D eigenvalue weighted by Crippen LogP contribution is -2.33. The van der Waals surface area contributed by atoms with Crippen LogP contribution in [0.15, 0.2) is 30.3 Å². The minimum Gasteiger partial charge on any atom is -0.387 e. The highest BCUT2D eigenvalue weighted by Crippen LogP contribution is 2.14. The zero-order valence-corrected chi connectivity index (χ0v) is 9.79. The molecule has 0 saturated heterocycles. The molecule has 0 radical (unpaired) electrons. The second-order valence-electron chi connectivity index (χ2n) is 3.54. The number of nitrogens with two attached hydrogens (primary N) is 1. The minimum absolute atomic E-state index is 0.0534. The molecular formula is C10H15N3O2S. The van der Waals surface area contributed by atoms with Gasteiger partial charge in [-0.3, -0.25) is 5.41 Å². The molecular weight excluding hydrogens is 226 g/mol. The molecule has 0 aliphatic carbocycles. The van der Waals surface area contributed by atoms with Gasteiger partial charge in [0.1, 0.15) is 0 Å². The summed E-state index contributed by atoms with van der Waals surface area (Å²) in [4.78, 5) is 0. The van der Waals surface area contributed by atoms with Gasteiger partial charge in [-0.05, 0) is 5.56 Å². The van der Waals surface area contributed by atoms with Crippen molar-refractivity contribution in [1.82, 2.24) is 4.72 Å². The summed E-state index contributed by atoms with van der Waals surface area (Å²) in [6.07, 6.45) is 1.08. The number of hydrogen-bond donors (Lipinski definition) is 3. The first-order valence-corrected chi connectivity index (χ1v) is 6.63. The number of sulfonamides is 1. The summed E-state index contributed by atoms with van der Waals surface area (Å²) in [6, 6.07) is 9.13. The van der Waals surface area contributed by atoms with Gasteiger partial charge in [-0.1, -0.05) is 30.3 Å². The summed E-state index contributed by atoms with van der Waals surface area (Å²) in [5, 5.41) is 7.44. The van der Waals surface area contributed by atoms with E-state index < -0.39 is 15.9 Å². The molecule has 1 aromatic carbocycles. The third-order valence-corrected chi connectivity index (χ3v) is 2.82. The predicted molar refractivity (Wildman–Crippen MR) is 63.9 cm³/mol. The topological polar surface area (TPSA) is 96.0 Å². The van der Waals surface area contributed by atoms with Gasteiger partial charge in [-0.25, -0.2) is 13.1 Å². The van der Waals surface area contributed by atoms with E-state index in [1.807, 2.05) is 30.3 Å². The van der Waals surface area contributed by atoms with Crippen LogP contribution in [0.3, 0.4) is 0 Å². The molecule has 16 heavy (non-hydrogen) atoms. The Morgan fingerprint density at radius 2 is 2.00 bits per heavy atom.